The molecule has 1 aromatic carbocycles. The van der Waals surface area contributed by atoms with Crippen molar-refractivity contribution < 1.29 is 8.78 Å². The van der Waals surface area contributed by atoms with E-state index in [1.54, 1.807) is 0 Å². The molecule has 0 spiro atoms. The van der Waals surface area contributed by atoms with Crippen LogP contribution in [0.4, 0.5) is 8.78 Å². The standard InChI is InChI=1S/C7H3F2N.CHN/c8-6-2-1-3-7(9)5(6)4-10;1-2/h1-3H;1H. The van der Waals surface area contributed by atoms with Crippen molar-refractivity contribution in [2.75, 3.05) is 0 Å². The van der Waals surface area contributed by atoms with E-state index in [1.165, 1.54) is 12.1 Å². The summed E-state index contributed by atoms with van der Waals surface area (Å²) in [5.74, 6) is -1.63. The van der Waals surface area contributed by atoms with Crippen molar-refractivity contribution in [2.45, 2.75) is 0 Å². The first-order chi connectivity index (χ1) is 5.75. The Morgan fingerprint density at radius 3 is 1.83 bits per heavy atom. The number of nitriles is 2. The fraction of sp³-hybridized carbons (Fsp3) is 0. The first-order valence-electron chi connectivity index (χ1n) is 2.85. The van der Waals surface area contributed by atoms with Crippen LogP contribution in [-0.2, 0) is 0 Å². The van der Waals surface area contributed by atoms with E-state index in [2.05, 4.69) is 6.57 Å². The van der Waals surface area contributed by atoms with Gasteiger partial charge in [-0.1, -0.05) is 6.07 Å². The molecule has 60 valence electrons. The Bertz CT molecular complexity index is 305. The summed E-state index contributed by atoms with van der Waals surface area (Å²) in [5, 5.41) is 14.7. The van der Waals surface area contributed by atoms with E-state index in [4.69, 9.17) is 10.5 Å². The third kappa shape index (κ3) is 2.03. The van der Waals surface area contributed by atoms with Gasteiger partial charge in [0.2, 0.25) is 0 Å². The van der Waals surface area contributed by atoms with Crippen molar-refractivity contribution in [3.05, 3.63) is 35.4 Å². The molecule has 0 bridgehead atoms. The maximum Gasteiger partial charge on any atom is 0.143 e. The molecule has 1 aromatic rings. The molecule has 1 rings (SSSR count). The lowest BCUT2D eigenvalue weighted by atomic mass is 10.2. The second kappa shape index (κ2) is 4.81. The average Bonchev–Trinajstić information content (AvgIpc) is 2.08. The molecule has 0 fully saturated rings. The number of halogens is 2. The highest BCUT2D eigenvalue weighted by Crippen LogP contribution is 2.09. The highest BCUT2D eigenvalue weighted by molar-refractivity contribution is 5.31. The highest BCUT2D eigenvalue weighted by atomic mass is 19.1. The van der Waals surface area contributed by atoms with Gasteiger partial charge in [-0.25, -0.2) is 14.0 Å². The van der Waals surface area contributed by atoms with Crippen LogP contribution in [0, 0.1) is 34.8 Å². The lowest BCUT2D eigenvalue weighted by molar-refractivity contribution is 0.577. The van der Waals surface area contributed by atoms with Crippen molar-refractivity contribution in [1.82, 2.24) is 0 Å². The SMILES string of the molecule is C#N.N#Cc1c(F)cccc1F. The van der Waals surface area contributed by atoms with Gasteiger partial charge in [-0.3, -0.25) is 0 Å². The smallest absolute Gasteiger partial charge is 0.143 e. The number of nitrogens with zero attached hydrogens (tertiary/aromatic N) is 2. The van der Waals surface area contributed by atoms with Crippen LogP contribution in [0.15, 0.2) is 18.2 Å². The minimum absolute atomic E-state index is 0.525. The summed E-state index contributed by atoms with van der Waals surface area (Å²) in [6.45, 7) is 3.50. The van der Waals surface area contributed by atoms with E-state index < -0.39 is 17.2 Å². The summed E-state index contributed by atoms with van der Waals surface area (Å²) in [5.41, 5.74) is -0.525. The number of hydrogen-bond acceptors (Lipinski definition) is 2. The van der Waals surface area contributed by atoms with Crippen LogP contribution in [0.1, 0.15) is 5.56 Å². The second-order valence-corrected chi connectivity index (χ2v) is 1.71. The largest absolute Gasteiger partial charge is 0.205 e. The molecule has 0 aliphatic heterocycles. The van der Waals surface area contributed by atoms with Gasteiger partial charge in [-0.15, -0.1) is 0 Å². The molecule has 0 aliphatic rings. The van der Waals surface area contributed by atoms with Crippen LogP contribution in [0.3, 0.4) is 0 Å². The molecular weight excluding hydrogens is 162 g/mol. The minimum atomic E-state index is -0.817. The van der Waals surface area contributed by atoms with Crippen molar-refractivity contribution in [1.29, 1.82) is 10.5 Å². The average molecular weight is 166 g/mol. The number of benzene rings is 1. The quantitative estimate of drug-likeness (QED) is 0.591. The predicted octanol–water partition coefficient (Wildman–Crippen LogP) is 1.98. The molecule has 0 atom stereocenters. The number of rotatable bonds is 0. The van der Waals surface area contributed by atoms with Gasteiger partial charge < -0.3 is 0 Å². The third-order valence-electron chi connectivity index (χ3n) is 1.07. The summed E-state index contributed by atoms with van der Waals surface area (Å²) in [6.07, 6.45) is 0. The summed E-state index contributed by atoms with van der Waals surface area (Å²) >= 11 is 0. The molecule has 0 heterocycles. The van der Waals surface area contributed by atoms with Gasteiger partial charge in [0.15, 0.2) is 0 Å². The Hall–Kier alpha value is -1.94. The molecule has 4 heteroatoms. The van der Waals surface area contributed by atoms with Gasteiger partial charge in [-0.05, 0) is 12.1 Å². The minimum Gasteiger partial charge on any atom is -0.205 e. The fourth-order valence-electron chi connectivity index (χ4n) is 0.605. The molecule has 0 radical (unpaired) electrons. The Morgan fingerprint density at radius 1 is 1.17 bits per heavy atom. The van der Waals surface area contributed by atoms with Crippen molar-refractivity contribution in [2.24, 2.45) is 0 Å². The molecule has 0 aliphatic carbocycles. The zero-order valence-corrected chi connectivity index (χ0v) is 5.96. The van der Waals surface area contributed by atoms with Gasteiger partial charge in [0, 0.05) is 6.57 Å². The monoisotopic (exact) mass is 166 g/mol. The van der Waals surface area contributed by atoms with Crippen molar-refractivity contribution in [3.63, 3.8) is 0 Å². The first-order valence-corrected chi connectivity index (χ1v) is 2.85. The van der Waals surface area contributed by atoms with Crippen LogP contribution < -0.4 is 0 Å². The Morgan fingerprint density at radius 2 is 1.58 bits per heavy atom. The molecule has 2 nitrogen and oxygen atoms in total. The summed E-state index contributed by atoms with van der Waals surface area (Å²) in [6, 6.07) is 4.71. The summed E-state index contributed by atoms with van der Waals surface area (Å²) in [7, 11) is 0. The number of hydrogen-bond donors (Lipinski definition) is 0. The predicted molar refractivity (Wildman–Crippen MR) is 37.7 cm³/mol. The summed E-state index contributed by atoms with van der Waals surface area (Å²) in [4.78, 5) is 0. The van der Waals surface area contributed by atoms with Crippen LogP contribution in [0.2, 0.25) is 0 Å². The van der Waals surface area contributed by atoms with Crippen LogP contribution in [0.25, 0.3) is 0 Å². The van der Waals surface area contributed by atoms with Gasteiger partial charge in [0.25, 0.3) is 0 Å². The lowest BCUT2D eigenvalue weighted by Crippen LogP contribution is -1.87. The first kappa shape index (κ1) is 10.1. The van der Waals surface area contributed by atoms with E-state index in [1.807, 2.05) is 0 Å². The normalized spacial score (nSPS) is 7.58. The highest BCUT2D eigenvalue weighted by Gasteiger charge is 2.04. The van der Waals surface area contributed by atoms with Crippen molar-refractivity contribution in [3.8, 4) is 12.6 Å². The molecule has 0 N–H and O–H groups in total. The third-order valence-corrected chi connectivity index (χ3v) is 1.07. The van der Waals surface area contributed by atoms with Gasteiger partial charge in [-0.2, -0.15) is 5.26 Å². The Labute approximate surface area is 68.3 Å². The molecule has 0 unspecified atom stereocenters. The molecule has 12 heavy (non-hydrogen) atoms. The maximum absolute atomic E-state index is 12.4. The Kier molecular flexibility index (Phi) is 4.03. The van der Waals surface area contributed by atoms with Crippen LogP contribution in [0.5, 0.6) is 0 Å². The molecule has 0 amide bonds. The zero-order valence-electron chi connectivity index (χ0n) is 5.96. The fourth-order valence-corrected chi connectivity index (χ4v) is 0.605. The maximum atomic E-state index is 12.4. The Balaban J connectivity index is 0.000000561. The van der Waals surface area contributed by atoms with Gasteiger partial charge in [0.1, 0.15) is 23.3 Å². The second-order valence-electron chi connectivity index (χ2n) is 1.71. The van der Waals surface area contributed by atoms with Gasteiger partial charge >= 0.3 is 0 Å². The summed E-state index contributed by atoms with van der Waals surface area (Å²) < 4.78 is 24.8. The van der Waals surface area contributed by atoms with Crippen LogP contribution in [-0.4, -0.2) is 0 Å². The zero-order chi connectivity index (χ0) is 9.56. The van der Waals surface area contributed by atoms with E-state index in [0.717, 1.165) is 12.1 Å². The molecule has 0 saturated heterocycles. The lowest BCUT2D eigenvalue weighted by Gasteiger charge is -1.91. The molecule has 0 aromatic heterocycles. The van der Waals surface area contributed by atoms with E-state index in [9.17, 15) is 8.78 Å². The van der Waals surface area contributed by atoms with E-state index in [0.29, 0.717) is 0 Å². The molecular formula is C8H4F2N2. The van der Waals surface area contributed by atoms with Gasteiger partial charge in [0.05, 0.1) is 0 Å². The van der Waals surface area contributed by atoms with Crippen molar-refractivity contribution >= 4 is 0 Å². The van der Waals surface area contributed by atoms with E-state index >= 15 is 0 Å². The topological polar surface area (TPSA) is 47.6 Å². The van der Waals surface area contributed by atoms with E-state index in [-0.39, 0.29) is 0 Å². The molecule has 0 saturated carbocycles. The van der Waals surface area contributed by atoms with Crippen LogP contribution >= 0.6 is 0 Å².